The van der Waals surface area contributed by atoms with E-state index in [1.165, 1.54) is 6.92 Å². The fourth-order valence-electron chi connectivity index (χ4n) is 1.66. The molecule has 98 valence electrons. The highest BCUT2D eigenvalue weighted by molar-refractivity contribution is 7.91. The molecule has 1 aliphatic heterocycles. The summed E-state index contributed by atoms with van der Waals surface area (Å²) < 4.78 is 27.1. The van der Waals surface area contributed by atoms with E-state index in [1.807, 2.05) is 0 Å². The minimum absolute atomic E-state index is 0.0405. The highest BCUT2D eigenvalue weighted by Crippen LogP contribution is 2.18. The van der Waals surface area contributed by atoms with Gasteiger partial charge in [0.1, 0.15) is 6.04 Å². The fourth-order valence-corrected chi connectivity index (χ4v) is 3.40. The minimum atomic E-state index is -3.08. The van der Waals surface area contributed by atoms with Gasteiger partial charge in [-0.05, 0) is 20.3 Å². The first-order valence-corrected chi connectivity index (χ1v) is 7.35. The van der Waals surface area contributed by atoms with E-state index in [0.717, 1.165) is 0 Å². The van der Waals surface area contributed by atoms with Crippen LogP contribution in [0.5, 0.6) is 0 Å². The van der Waals surface area contributed by atoms with Crippen molar-refractivity contribution in [2.75, 3.05) is 18.1 Å². The van der Waals surface area contributed by atoms with E-state index in [1.54, 1.807) is 6.92 Å². The molecule has 1 heterocycles. The standard InChI is InChI=1S/C10H17NO5S/c1-3-16-10(13)7(2)11-9(12)8-4-5-17(14,15)6-8/h7-8H,3-6H2,1-2H3,(H,11,12). The summed E-state index contributed by atoms with van der Waals surface area (Å²) in [6, 6.07) is -0.745. The van der Waals surface area contributed by atoms with Gasteiger partial charge in [0.25, 0.3) is 0 Å². The molecule has 1 fully saturated rings. The topological polar surface area (TPSA) is 89.5 Å². The lowest BCUT2D eigenvalue weighted by Crippen LogP contribution is -2.42. The molecule has 17 heavy (non-hydrogen) atoms. The van der Waals surface area contributed by atoms with Crippen LogP contribution in [0.4, 0.5) is 0 Å². The van der Waals surface area contributed by atoms with Crippen molar-refractivity contribution >= 4 is 21.7 Å². The van der Waals surface area contributed by atoms with Crippen LogP contribution in [0.2, 0.25) is 0 Å². The zero-order valence-electron chi connectivity index (χ0n) is 9.93. The Morgan fingerprint density at radius 3 is 2.59 bits per heavy atom. The third kappa shape index (κ3) is 3.99. The predicted molar refractivity (Wildman–Crippen MR) is 61.0 cm³/mol. The van der Waals surface area contributed by atoms with E-state index in [4.69, 9.17) is 4.74 Å². The molecule has 6 nitrogen and oxygen atoms in total. The zero-order valence-corrected chi connectivity index (χ0v) is 10.7. The number of ether oxygens (including phenoxy) is 1. The van der Waals surface area contributed by atoms with Crippen molar-refractivity contribution < 1.29 is 22.7 Å². The van der Waals surface area contributed by atoms with Gasteiger partial charge in [0.15, 0.2) is 9.84 Å². The van der Waals surface area contributed by atoms with E-state index < -0.39 is 33.7 Å². The van der Waals surface area contributed by atoms with Crippen molar-refractivity contribution in [1.82, 2.24) is 5.32 Å². The molecule has 2 unspecified atom stereocenters. The number of hydrogen-bond acceptors (Lipinski definition) is 5. The minimum Gasteiger partial charge on any atom is -0.464 e. The van der Waals surface area contributed by atoms with E-state index >= 15 is 0 Å². The number of carbonyl (C=O) groups excluding carboxylic acids is 2. The van der Waals surface area contributed by atoms with E-state index in [9.17, 15) is 18.0 Å². The molecular formula is C10H17NO5S. The van der Waals surface area contributed by atoms with Crippen LogP contribution < -0.4 is 5.32 Å². The van der Waals surface area contributed by atoms with Gasteiger partial charge in [0.05, 0.1) is 24.0 Å². The highest BCUT2D eigenvalue weighted by Gasteiger charge is 2.34. The third-order valence-corrected chi connectivity index (χ3v) is 4.37. The molecule has 0 aromatic heterocycles. The molecule has 0 aromatic rings. The maximum Gasteiger partial charge on any atom is 0.328 e. The van der Waals surface area contributed by atoms with Crippen LogP contribution in [-0.2, 0) is 24.2 Å². The maximum atomic E-state index is 11.7. The molecule has 0 aromatic carbocycles. The van der Waals surface area contributed by atoms with Crippen molar-refractivity contribution in [3.05, 3.63) is 0 Å². The van der Waals surface area contributed by atoms with Crippen LogP contribution >= 0.6 is 0 Å². The van der Waals surface area contributed by atoms with Crippen molar-refractivity contribution in [2.24, 2.45) is 5.92 Å². The van der Waals surface area contributed by atoms with Crippen LogP contribution in [0.25, 0.3) is 0 Å². The van der Waals surface area contributed by atoms with Gasteiger partial charge in [-0.25, -0.2) is 13.2 Å². The number of hydrogen-bond donors (Lipinski definition) is 1. The van der Waals surface area contributed by atoms with E-state index in [2.05, 4.69) is 5.32 Å². The van der Waals surface area contributed by atoms with Crippen molar-refractivity contribution in [1.29, 1.82) is 0 Å². The Labute approximate surface area is 101 Å². The van der Waals surface area contributed by atoms with Gasteiger partial charge in [-0.3, -0.25) is 4.79 Å². The summed E-state index contributed by atoms with van der Waals surface area (Å²) >= 11 is 0. The molecule has 0 aliphatic carbocycles. The monoisotopic (exact) mass is 263 g/mol. The van der Waals surface area contributed by atoms with Gasteiger partial charge in [0.2, 0.25) is 5.91 Å². The number of nitrogens with one attached hydrogen (secondary N) is 1. The molecule has 1 aliphatic rings. The first-order chi connectivity index (χ1) is 7.85. The molecule has 1 saturated heterocycles. The van der Waals surface area contributed by atoms with Crippen LogP contribution in [-0.4, -0.2) is 44.4 Å². The molecule has 7 heteroatoms. The van der Waals surface area contributed by atoms with Crippen LogP contribution in [0.3, 0.4) is 0 Å². The average molecular weight is 263 g/mol. The molecule has 0 bridgehead atoms. The first-order valence-electron chi connectivity index (χ1n) is 5.53. The summed E-state index contributed by atoms with van der Waals surface area (Å²) in [6.07, 6.45) is 0.323. The molecule has 1 rings (SSSR count). The molecule has 1 N–H and O–H groups in total. The van der Waals surface area contributed by atoms with Crippen molar-refractivity contribution in [3.8, 4) is 0 Å². The highest BCUT2D eigenvalue weighted by atomic mass is 32.2. The lowest BCUT2D eigenvalue weighted by Gasteiger charge is -2.14. The van der Waals surface area contributed by atoms with Crippen LogP contribution in [0.15, 0.2) is 0 Å². The second kappa shape index (κ2) is 5.48. The average Bonchev–Trinajstić information content (AvgIpc) is 2.59. The van der Waals surface area contributed by atoms with E-state index in [-0.39, 0.29) is 18.1 Å². The normalized spacial score (nSPS) is 24.0. The fraction of sp³-hybridized carbons (Fsp3) is 0.800. The maximum absolute atomic E-state index is 11.7. The molecule has 2 atom stereocenters. The quantitative estimate of drug-likeness (QED) is 0.690. The summed E-state index contributed by atoms with van der Waals surface area (Å²) in [4.78, 5) is 22.9. The van der Waals surface area contributed by atoms with Crippen molar-refractivity contribution in [3.63, 3.8) is 0 Å². The van der Waals surface area contributed by atoms with Crippen molar-refractivity contribution in [2.45, 2.75) is 26.3 Å². The summed E-state index contributed by atoms with van der Waals surface area (Å²) in [6.45, 7) is 3.44. The van der Waals surface area contributed by atoms with Crippen LogP contribution in [0, 0.1) is 5.92 Å². The van der Waals surface area contributed by atoms with Gasteiger partial charge in [0, 0.05) is 0 Å². The van der Waals surface area contributed by atoms with E-state index in [0.29, 0.717) is 6.42 Å². The number of amides is 1. The number of sulfone groups is 1. The second-order valence-electron chi connectivity index (χ2n) is 4.08. The summed E-state index contributed by atoms with van der Waals surface area (Å²) in [5, 5.41) is 2.47. The largest absolute Gasteiger partial charge is 0.464 e. The number of esters is 1. The Morgan fingerprint density at radius 1 is 1.47 bits per heavy atom. The van der Waals surface area contributed by atoms with Gasteiger partial charge in [-0.15, -0.1) is 0 Å². The van der Waals surface area contributed by atoms with Gasteiger partial charge in [-0.2, -0.15) is 0 Å². The number of rotatable bonds is 4. The third-order valence-electron chi connectivity index (χ3n) is 2.60. The Kier molecular flexibility index (Phi) is 4.50. The molecule has 0 spiro atoms. The predicted octanol–water partition coefficient (Wildman–Crippen LogP) is -0.511. The summed E-state index contributed by atoms with van der Waals surface area (Å²) in [5.74, 6) is -1.54. The van der Waals surface area contributed by atoms with Gasteiger partial charge < -0.3 is 10.1 Å². The Balaban J connectivity index is 2.47. The van der Waals surface area contributed by atoms with Crippen LogP contribution in [0.1, 0.15) is 20.3 Å². The van der Waals surface area contributed by atoms with Gasteiger partial charge in [-0.1, -0.05) is 0 Å². The number of carbonyl (C=O) groups is 2. The zero-order chi connectivity index (χ0) is 13.1. The second-order valence-corrected chi connectivity index (χ2v) is 6.31. The molecule has 0 saturated carbocycles. The summed E-state index contributed by atoms with van der Waals surface area (Å²) in [5.41, 5.74) is 0. The summed E-state index contributed by atoms with van der Waals surface area (Å²) in [7, 11) is -3.08. The Bertz CT molecular complexity index is 403. The lowest BCUT2D eigenvalue weighted by atomic mass is 10.1. The molecule has 0 radical (unpaired) electrons. The van der Waals surface area contributed by atoms with Gasteiger partial charge >= 0.3 is 5.97 Å². The SMILES string of the molecule is CCOC(=O)C(C)NC(=O)C1CCS(=O)(=O)C1. The first kappa shape index (κ1) is 14.0. The molecular weight excluding hydrogens is 246 g/mol. The molecule has 1 amide bonds. The lowest BCUT2D eigenvalue weighted by molar-refractivity contribution is -0.147. The smallest absolute Gasteiger partial charge is 0.328 e. The Morgan fingerprint density at radius 2 is 2.12 bits per heavy atom. The Hall–Kier alpha value is -1.11.